The van der Waals surface area contributed by atoms with Crippen molar-refractivity contribution in [2.45, 2.75) is 5.92 Å². The molecule has 15 heavy (non-hydrogen) atoms. The Bertz CT molecular complexity index is 490. The number of carbonyl (C=O) groups is 1. The maximum Gasteiger partial charge on any atom is 0.312 e. The van der Waals surface area contributed by atoms with Gasteiger partial charge in [0.2, 0.25) is 0 Å². The van der Waals surface area contributed by atoms with Gasteiger partial charge in [-0.15, -0.1) is 0 Å². The summed E-state index contributed by atoms with van der Waals surface area (Å²) in [6.45, 7) is 0.108. The number of H-pyrrole nitrogens is 1. The third-order valence-electron chi connectivity index (χ3n) is 2.53. The Balaban J connectivity index is 2.55. The van der Waals surface area contributed by atoms with E-state index in [1.54, 1.807) is 6.20 Å². The van der Waals surface area contributed by atoms with Crippen LogP contribution < -0.4 is 5.73 Å². The van der Waals surface area contributed by atoms with Crippen molar-refractivity contribution in [3.8, 4) is 0 Å². The van der Waals surface area contributed by atoms with Crippen LogP contribution in [0.4, 0.5) is 0 Å². The van der Waals surface area contributed by atoms with Gasteiger partial charge >= 0.3 is 5.97 Å². The molecule has 1 atom stereocenters. The third-order valence-corrected chi connectivity index (χ3v) is 2.53. The van der Waals surface area contributed by atoms with Gasteiger partial charge in [0.25, 0.3) is 0 Å². The molecule has 0 aliphatic carbocycles. The number of fused-ring (bicyclic) bond motifs is 1. The van der Waals surface area contributed by atoms with Gasteiger partial charge in [-0.1, -0.05) is 18.2 Å². The molecule has 2 aromatic rings. The number of rotatable bonds is 3. The zero-order valence-corrected chi connectivity index (χ0v) is 8.10. The monoisotopic (exact) mass is 204 g/mol. The van der Waals surface area contributed by atoms with Crippen LogP contribution in [0.2, 0.25) is 0 Å². The summed E-state index contributed by atoms with van der Waals surface area (Å²) < 4.78 is 0. The van der Waals surface area contributed by atoms with E-state index < -0.39 is 11.9 Å². The molecule has 2 rings (SSSR count). The zero-order valence-electron chi connectivity index (χ0n) is 8.10. The summed E-state index contributed by atoms with van der Waals surface area (Å²) >= 11 is 0. The highest BCUT2D eigenvalue weighted by atomic mass is 16.4. The highest BCUT2D eigenvalue weighted by Crippen LogP contribution is 2.24. The van der Waals surface area contributed by atoms with Crippen molar-refractivity contribution in [3.63, 3.8) is 0 Å². The lowest BCUT2D eigenvalue weighted by molar-refractivity contribution is -0.138. The topological polar surface area (TPSA) is 79.1 Å². The SMILES string of the molecule is NC[C@H](C(=O)O)c1c[nH]c2ccccc12. The summed E-state index contributed by atoms with van der Waals surface area (Å²) in [4.78, 5) is 14.0. The predicted molar refractivity (Wildman–Crippen MR) is 57.7 cm³/mol. The highest BCUT2D eigenvalue weighted by molar-refractivity contribution is 5.89. The van der Waals surface area contributed by atoms with E-state index in [9.17, 15) is 4.79 Å². The van der Waals surface area contributed by atoms with Crippen molar-refractivity contribution >= 4 is 16.9 Å². The number of aliphatic carboxylic acids is 1. The highest BCUT2D eigenvalue weighted by Gasteiger charge is 2.20. The van der Waals surface area contributed by atoms with Crippen LogP contribution in [-0.2, 0) is 4.79 Å². The summed E-state index contributed by atoms with van der Waals surface area (Å²) in [5, 5.41) is 9.94. The third kappa shape index (κ3) is 1.59. The molecule has 0 amide bonds. The Labute approximate surface area is 86.7 Å². The van der Waals surface area contributed by atoms with E-state index in [0.29, 0.717) is 0 Å². The summed E-state index contributed by atoms with van der Waals surface area (Å²) in [6.07, 6.45) is 1.72. The van der Waals surface area contributed by atoms with Crippen molar-refractivity contribution in [1.29, 1.82) is 0 Å². The fraction of sp³-hybridized carbons (Fsp3) is 0.182. The standard InChI is InChI=1S/C11H12N2O2/c12-5-8(11(14)15)9-6-13-10-4-2-1-3-7(9)10/h1-4,6,8,13H,5,12H2,(H,14,15)/t8-/m0/s1. The number of hydrogen-bond acceptors (Lipinski definition) is 2. The lowest BCUT2D eigenvalue weighted by Gasteiger charge is -2.07. The van der Waals surface area contributed by atoms with E-state index in [-0.39, 0.29) is 6.54 Å². The Morgan fingerprint density at radius 3 is 2.87 bits per heavy atom. The number of nitrogens with one attached hydrogen (secondary N) is 1. The fourth-order valence-corrected chi connectivity index (χ4v) is 1.74. The molecule has 1 aromatic heterocycles. The molecule has 4 nitrogen and oxygen atoms in total. The average Bonchev–Trinajstić information content (AvgIpc) is 2.63. The van der Waals surface area contributed by atoms with Crippen LogP contribution in [-0.4, -0.2) is 22.6 Å². The molecule has 4 heteroatoms. The molecule has 0 aliphatic heterocycles. The molecular weight excluding hydrogens is 192 g/mol. The van der Waals surface area contributed by atoms with Crippen LogP contribution >= 0.6 is 0 Å². The Hall–Kier alpha value is -1.81. The number of benzene rings is 1. The molecule has 0 bridgehead atoms. The number of aromatic amines is 1. The average molecular weight is 204 g/mol. The van der Waals surface area contributed by atoms with Crippen molar-refractivity contribution in [3.05, 3.63) is 36.0 Å². The Morgan fingerprint density at radius 2 is 2.20 bits per heavy atom. The minimum absolute atomic E-state index is 0.108. The minimum Gasteiger partial charge on any atom is -0.481 e. The van der Waals surface area contributed by atoms with Crippen molar-refractivity contribution < 1.29 is 9.90 Å². The molecule has 0 aliphatic rings. The van der Waals surface area contributed by atoms with Crippen LogP contribution in [0.3, 0.4) is 0 Å². The smallest absolute Gasteiger partial charge is 0.312 e. The quantitative estimate of drug-likeness (QED) is 0.705. The molecule has 1 aromatic carbocycles. The molecule has 0 saturated heterocycles. The van der Waals surface area contributed by atoms with Gasteiger partial charge in [0.1, 0.15) is 0 Å². The molecule has 0 saturated carbocycles. The van der Waals surface area contributed by atoms with Gasteiger partial charge in [0.15, 0.2) is 0 Å². The summed E-state index contributed by atoms with van der Waals surface area (Å²) in [6, 6.07) is 7.59. The molecule has 0 radical (unpaired) electrons. The normalized spacial score (nSPS) is 12.9. The van der Waals surface area contributed by atoms with E-state index in [2.05, 4.69) is 4.98 Å². The minimum atomic E-state index is -0.887. The van der Waals surface area contributed by atoms with Gasteiger partial charge in [-0.2, -0.15) is 0 Å². The summed E-state index contributed by atoms with van der Waals surface area (Å²) in [5.74, 6) is -1.52. The molecule has 78 valence electrons. The lowest BCUT2D eigenvalue weighted by atomic mass is 9.99. The second-order valence-electron chi connectivity index (χ2n) is 3.42. The number of carboxylic acids is 1. The van der Waals surface area contributed by atoms with Crippen LogP contribution in [0, 0.1) is 0 Å². The van der Waals surface area contributed by atoms with Crippen molar-refractivity contribution in [2.24, 2.45) is 5.73 Å². The molecule has 4 N–H and O–H groups in total. The first-order chi connectivity index (χ1) is 7.24. The van der Waals surface area contributed by atoms with Crippen LogP contribution in [0.1, 0.15) is 11.5 Å². The first kappa shape index (κ1) is 9.73. The maximum absolute atomic E-state index is 11.0. The molecule has 1 heterocycles. The van der Waals surface area contributed by atoms with E-state index in [1.807, 2.05) is 24.3 Å². The lowest BCUT2D eigenvalue weighted by Crippen LogP contribution is -2.20. The number of aromatic nitrogens is 1. The van der Waals surface area contributed by atoms with E-state index in [4.69, 9.17) is 10.8 Å². The summed E-state index contributed by atoms with van der Waals surface area (Å²) in [5.41, 5.74) is 7.15. The van der Waals surface area contributed by atoms with E-state index in [0.717, 1.165) is 16.5 Å². The maximum atomic E-state index is 11.0. The molecule has 0 spiro atoms. The van der Waals surface area contributed by atoms with Gasteiger partial charge in [-0.05, 0) is 11.6 Å². The predicted octanol–water partition coefficient (Wildman–Crippen LogP) is 1.29. The molecular formula is C11H12N2O2. The van der Waals surface area contributed by atoms with Gasteiger partial charge in [-0.25, -0.2) is 0 Å². The number of hydrogen-bond donors (Lipinski definition) is 3. The Kier molecular flexibility index (Phi) is 2.43. The molecule has 0 fully saturated rings. The van der Waals surface area contributed by atoms with Crippen molar-refractivity contribution in [1.82, 2.24) is 4.98 Å². The largest absolute Gasteiger partial charge is 0.481 e. The summed E-state index contributed by atoms with van der Waals surface area (Å²) in [7, 11) is 0. The van der Waals surface area contributed by atoms with Gasteiger partial charge < -0.3 is 15.8 Å². The van der Waals surface area contributed by atoms with Crippen LogP contribution in [0.5, 0.6) is 0 Å². The zero-order chi connectivity index (χ0) is 10.8. The number of para-hydroxylation sites is 1. The first-order valence-electron chi connectivity index (χ1n) is 4.73. The van der Waals surface area contributed by atoms with E-state index >= 15 is 0 Å². The second kappa shape index (κ2) is 3.74. The van der Waals surface area contributed by atoms with Gasteiger partial charge in [0.05, 0.1) is 5.92 Å². The fourth-order valence-electron chi connectivity index (χ4n) is 1.74. The second-order valence-corrected chi connectivity index (χ2v) is 3.42. The number of nitrogens with two attached hydrogens (primary N) is 1. The van der Waals surface area contributed by atoms with Crippen molar-refractivity contribution in [2.75, 3.05) is 6.54 Å². The Morgan fingerprint density at radius 1 is 1.47 bits per heavy atom. The van der Waals surface area contributed by atoms with Gasteiger partial charge in [0, 0.05) is 23.6 Å². The van der Waals surface area contributed by atoms with Crippen LogP contribution in [0.15, 0.2) is 30.5 Å². The number of carboxylic acid groups (broad SMARTS) is 1. The first-order valence-corrected chi connectivity index (χ1v) is 4.73. The van der Waals surface area contributed by atoms with Gasteiger partial charge in [-0.3, -0.25) is 4.79 Å². The molecule has 0 unspecified atom stereocenters. The van der Waals surface area contributed by atoms with Crippen LogP contribution in [0.25, 0.3) is 10.9 Å². The van der Waals surface area contributed by atoms with E-state index in [1.165, 1.54) is 0 Å².